The van der Waals surface area contributed by atoms with Crippen molar-refractivity contribution in [2.45, 2.75) is 25.4 Å². The van der Waals surface area contributed by atoms with Crippen molar-refractivity contribution in [1.82, 2.24) is 30.1 Å². The normalized spacial score (nSPS) is 25.3. The van der Waals surface area contributed by atoms with Gasteiger partial charge in [0.25, 0.3) is 5.91 Å². The lowest BCUT2D eigenvalue weighted by Crippen LogP contribution is -2.43. The third-order valence-corrected chi connectivity index (χ3v) is 4.17. The number of aromatic nitrogens is 3. The Bertz CT molecular complexity index is 483. The number of carbonyl (C=O) groups excluding carboxylic acids is 1. The van der Waals surface area contributed by atoms with Crippen LogP contribution in [0.3, 0.4) is 0 Å². The molecule has 0 radical (unpaired) electrons. The molecule has 0 saturated carbocycles. The summed E-state index contributed by atoms with van der Waals surface area (Å²) in [6.07, 6.45) is 2.79. The van der Waals surface area contributed by atoms with Crippen LogP contribution >= 0.6 is 0 Å². The maximum absolute atomic E-state index is 12.6. The van der Waals surface area contributed by atoms with Crippen LogP contribution in [0.5, 0.6) is 0 Å². The van der Waals surface area contributed by atoms with Crippen LogP contribution in [-0.4, -0.2) is 76.5 Å². The van der Waals surface area contributed by atoms with Crippen LogP contribution in [0.1, 0.15) is 29.9 Å². The van der Waals surface area contributed by atoms with Crippen LogP contribution in [0.4, 0.5) is 0 Å². The monoisotopic (exact) mass is 278 g/mol. The number of likely N-dealkylation sites (N-methyl/N-ethyl adjacent to an activating group) is 1. The molecule has 2 aliphatic heterocycles. The van der Waals surface area contributed by atoms with Crippen molar-refractivity contribution >= 4 is 5.91 Å². The van der Waals surface area contributed by atoms with E-state index in [1.807, 2.05) is 4.90 Å². The number of rotatable bonds is 2. The topological polar surface area (TPSA) is 66.3 Å². The first kappa shape index (κ1) is 13.5. The molecule has 0 spiro atoms. The average molecular weight is 278 g/mol. The average Bonchev–Trinajstić information content (AvgIpc) is 2.73. The van der Waals surface area contributed by atoms with Crippen LogP contribution in [0.15, 0.2) is 6.20 Å². The van der Waals surface area contributed by atoms with Gasteiger partial charge in [-0.1, -0.05) is 5.21 Å². The predicted molar refractivity (Wildman–Crippen MR) is 74.5 cm³/mol. The molecular formula is C13H22N6O. The fourth-order valence-electron chi connectivity index (χ4n) is 2.83. The Kier molecular flexibility index (Phi) is 3.71. The smallest absolute Gasteiger partial charge is 0.276 e. The highest BCUT2D eigenvalue weighted by Gasteiger charge is 2.28. The Morgan fingerprint density at radius 1 is 1.40 bits per heavy atom. The summed E-state index contributed by atoms with van der Waals surface area (Å²) in [7, 11) is 2.10. The van der Waals surface area contributed by atoms with Crippen molar-refractivity contribution in [3.8, 4) is 0 Å². The summed E-state index contributed by atoms with van der Waals surface area (Å²) in [6, 6.07) is 0.558. The van der Waals surface area contributed by atoms with Crippen molar-refractivity contribution < 1.29 is 4.79 Å². The van der Waals surface area contributed by atoms with E-state index in [1.165, 1.54) is 0 Å². The minimum absolute atomic E-state index is 0.00586. The van der Waals surface area contributed by atoms with Gasteiger partial charge in [-0.05, 0) is 26.9 Å². The number of hydrogen-bond donors (Lipinski definition) is 1. The quantitative estimate of drug-likeness (QED) is 0.796. The molecule has 7 nitrogen and oxygen atoms in total. The van der Waals surface area contributed by atoms with E-state index >= 15 is 0 Å². The van der Waals surface area contributed by atoms with Gasteiger partial charge in [-0.2, -0.15) is 0 Å². The summed E-state index contributed by atoms with van der Waals surface area (Å²) >= 11 is 0. The molecule has 3 rings (SSSR count). The maximum Gasteiger partial charge on any atom is 0.276 e. The SMILES string of the molecule is CC1CN(C)CCCN1C(=O)c1cn(C2CNC2)nn1. The zero-order chi connectivity index (χ0) is 14.1. The zero-order valence-corrected chi connectivity index (χ0v) is 12.1. The van der Waals surface area contributed by atoms with Gasteiger partial charge >= 0.3 is 0 Å². The number of nitrogens with zero attached hydrogens (tertiary/aromatic N) is 5. The molecule has 1 aromatic heterocycles. The largest absolute Gasteiger partial charge is 0.333 e. The van der Waals surface area contributed by atoms with Crippen LogP contribution in [0, 0.1) is 0 Å². The van der Waals surface area contributed by atoms with Crippen molar-refractivity contribution in [1.29, 1.82) is 0 Å². The molecule has 2 saturated heterocycles. The van der Waals surface area contributed by atoms with Gasteiger partial charge in [-0.25, -0.2) is 4.68 Å². The van der Waals surface area contributed by atoms with Crippen LogP contribution in [-0.2, 0) is 0 Å². The highest BCUT2D eigenvalue weighted by atomic mass is 16.2. The van der Waals surface area contributed by atoms with Gasteiger partial charge in [0.2, 0.25) is 0 Å². The second-order valence-corrected chi connectivity index (χ2v) is 5.86. The first-order valence-corrected chi connectivity index (χ1v) is 7.27. The van der Waals surface area contributed by atoms with Gasteiger partial charge in [0.15, 0.2) is 5.69 Å². The maximum atomic E-state index is 12.6. The summed E-state index contributed by atoms with van der Waals surface area (Å²) in [6.45, 7) is 6.65. The molecule has 2 aliphatic rings. The number of amides is 1. The van der Waals surface area contributed by atoms with Gasteiger partial charge in [-0.15, -0.1) is 5.10 Å². The Morgan fingerprint density at radius 3 is 2.90 bits per heavy atom. The molecule has 20 heavy (non-hydrogen) atoms. The summed E-state index contributed by atoms with van der Waals surface area (Å²) in [5, 5.41) is 11.3. The Morgan fingerprint density at radius 2 is 2.20 bits per heavy atom. The molecule has 1 unspecified atom stereocenters. The van der Waals surface area contributed by atoms with Crippen molar-refractivity contribution in [2.75, 3.05) is 39.8 Å². The Labute approximate surface area is 118 Å². The van der Waals surface area contributed by atoms with E-state index in [1.54, 1.807) is 10.9 Å². The molecule has 3 heterocycles. The van der Waals surface area contributed by atoms with Crippen molar-refractivity contribution in [2.24, 2.45) is 0 Å². The Hall–Kier alpha value is -1.47. The molecule has 1 N–H and O–H groups in total. The summed E-state index contributed by atoms with van der Waals surface area (Å²) < 4.78 is 1.80. The van der Waals surface area contributed by atoms with Gasteiger partial charge in [0, 0.05) is 32.2 Å². The molecular weight excluding hydrogens is 256 g/mol. The summed E-state index contributed by atoms with van der Waals surface area (Å²) in [4.78, 5) is 16.8. The highest BCUT2D eigenvalue weighted by molar-refractivity contribution is 5.92. The fourth-order valence-corrected chi connectivity index (χ4v) is 2.83. The van der Waals surface area contributed by atoms with Crippen molar-refractivity contribution in [3.63, 3.8) is 0 Å². The molecule has 0 aromatic carbocycles. The molecule has 1 amide bonds. The van der Waals surface area contributed by atoms with E-state index in [2.05, 4.69) is 34.5 Å². The molecule has 1 atom stereocenters. The highest BCUT2D eigenvalue weighted by Crippen LogP contribution is 2.14. The molecule has 0 aliphatic carbocycles. The second kappa shape index (κ2) is 5.49. The lowest BCUT2D eigenvalue weighted by molar-refractivity contribution is 0.0690. The predicted octanol–water partition coefficient (Wildman–Crippen LogP) is -0.411. The number of nitrogens with one attached hydrogen (secondary N) is 1. The third kappa shape index (κ3) is 2.55. The molecule has 0 bridgehead atoms. The van der Waals surface area contributed by atoms with Crippen LogP contribution < -0.4 is 5.32 Å². The summed E-state index contributed by atoms with van der Waals surface area (Å²) in [5.41, 5.74) is 0.466. The van der Waals surface area contributed by atoms with Crippen LogP contribution in [0.2, 0.25) is 0 Å². The van der Waals surface area contributed by atoms with Crippen LogP contribution in [0.25, 0.3) is 0 Å². The number of hydrogen-bond acceptors (Lipinski definition) is 5. The van der Waals surface area contributed by atoms with Gasteiger partial charge < -0.3 is 15.1 Å². The lowest BCUT2D eigenvalue weighted by Gasteiger charge is -2.27. The first-order valence-electron chi connectivity index (χ1n) is 7.27. The minimum atomic E-state index is 0.00586. The van der Waals surface area contributed by atoms with E-state index in [0.717, 1.165) is 39.1 Å². The van der Waals surface area contributed by atoms with E-state index in [-0.39, 0.29) is 11.9 Å². The van der Waals surface area contributed by atoms with E-state index in [0.29, 0.717) is 11.7 Å². The molecule has 2 fully saturated rings. The molecule has 1 aromatic rings. The standard InChI is InChI=1S/C13H22N6O/c1-10-8-17(2)4-3-5-18(10)13(20)12-9-19(16-15-12)11-6-14-7-11/h9-11,14H,3-8H2,1-2H3. The van der Waals surface area contributed by atoms with Gasteiger partial charge in [0.1, 0.15) is 0 Å². The van der Waals surface area contributed by atoms with E-state index in [9.17, 15) is 4.79 Å². The van der Waals surface area contributed by atoms with E-state index in [4.69, 9.17) is 0 Å². The first-order chi connectivity index (χ1) is 9.65. The molecule has 7 heteroatoms. The lowest BCUT2D eigenvalue weighted by atomic mass is 10.2. The van der Waals surface area contributed by atoms with Crippen molar-refractivity contribution in [3.05, 3.63) is 11.9 Å². The summed E-state index contributed by atoms with van der Waals surface area (Å²) in [5.74, 6) is 0.00586. The minimum Gasteiger partial charge on any atom is -0.333 e. The fraction of sp³-hybridized carbons (Fsp3) is 0.769. The zero-order valence-electron chi connectivity index (χ0n) is 12.1. The van der Waals surface area contributed by atoms with Gasteiger partial charge in [-0.3, -0.25) is 4.79 Å². The third-order valence-electron chi connectivity index (χ3n) is 4.17. The molecule has 110 valence electrons. The second-order valence-electron chi connectivity index (χ2n) is 5.86. The number of carbonyl (C=O) groups is 1. The van der Waals surface area contributed by atoms with Gasteiger partial charge in [0.05, 0.1) is 12.2 Å². The van der Waals surface area contributed by atoms with E-state index < -0.39 is 0 Å². The Balaban J connectivity index is 1.72.